The van der Waals surface area contributed by atoms with Crippen molar-refractivity contribution in [3.63, 3.8) is 0 Å². The van der Waals surface area contributed by atoms with E-state index in [0.717, 1.165) is 0 Å². The van der Waals surface area contributed by atoms with Gasteiger partial charge >= 0.3 is 0 Å². The van der Waals surface area contributed by atoms with Crippen molar-refractivity contribution < 1.29 is 23.1 Å². The lowest BCUT2D eigenvalue weighted by Crippen LogP contribution is -2.20. The molecule has 3 N–H and O–H groups in total. The Morgan fingerprint density at radius 3 is 2.50 bits per heavy atom. The summed E-state index contributed by atoms with van der Waals surface area (Å²) in [6.45, 7) is 1.61. The minimum absolute atomic E-state index is 0.0569. The van der Waals surface area contributed by atoms with Crippen molar-refractivity contribution in [2.24, 2.45) is 5.10 Å². The van der Waals surface area contributed by atoms with Crippen molar-refractivity contribution in [3.8, 4) is 11.5 Å². The molecule has 32 heavy (non-hydrogen) atoms. The second kappa shape index (κ2) is 9.71. The highest BCUT2D eigenvalue weighted by Gasteiger charge is 2.18. The summed E-state index contributed by atoms with van der Waals surface area (Å²) in [5.74, 6) is -0.197. The topological polar surface area (TPSA) is 117 Å². The normalized spacial score (nSPS) is 11.7. The number of benzene rings is 3. The van der Waals surface area contributed by atoms with Crippen LogP contribution in [0.5, 0.6) is 11.5 Å². The van der Waals surface area contributed by atoms with Crippen LogP contribution in [-0.2, 0) is 10.0 Å². The maximum Gasteiger partial charge on any atom is 0.271 e. The first-order valence-corrected chi connectivity index (χ1v) is 11.2. The molecule has 0 fully saturated rings. The summed E-state index contributed by atoms with van der Waals surface area (Å²) in [6, 6.07) is 16.6. The van der Waals surface area contributed by atoms with Crippen LogP contribution in [0.25, 0.3) is 0 Å². The van der Waals surface area contributed by atoms with Crippen LogP contribution >= 0.6 is 11.6 Å². The molecule has 3 rings (SSSR count). The van der Waals surface area contributed by atoms with Crippen LogP contribution in [0.3, 0.4) is 0 Å². The Hall–Kier alpha value is -3.56. The number of nitrogens with zero attached hydrogens (tertiary/aromatic N) is 1. The lowest BCUT2D eigenvalue weighted by atomic mass is 10.1. The number of ether oxygens (including phenoxy) is 1. The highest BCUT2D eigenvalue weighted by molar-refractivity contribution is 7.92. The molecule has 0 spiro atoms. The summed E-state index contributed by atoms with van der Waals surface area (Å²) in [7, 11) is -2.49. The SMILES string of the molecule is COc1ccc(C(C)=NNC(=O)c2cccc(S(=O)(=O)Nc3ccccc3Cl)c2)c(O)c1. The zero-order valence-electron chi connectivity index (χ0n) is 17.2. The first-order valence-electron chi connectivity index (χ1n) is 9.30. The van der Waals surface area contributed by atoms with E-state index < -0.39 is 15.9 Å². The number of nitrogens with one attached hydrogen (secondary N) is 2. The quantitative estimate of drug-likeness (QED) is 0.354. The molecule has 8 nitrogen and oxygen atoms in total. The number of amides is 1. The standard InChI is InChI=1S/C22H20ClN3O5S/c1-14(18-11-10-16(31-2)13-21(18)27)24-25-22(28)15-6-5-7-17(12-15)32(29,30)26-20-9-4-3-8-19(20)23/h3-13,26-27H,1-2H3,(H,25,28). The molecule has 1 amide bonds. The van der Waals surface area contributed by atoms with Crippen LogP contribution in [0.15, 0.2) is 76.7 Å². The fourth-order valence-corrected chi connectivity index (χ4v) is 4.12. The number of hydrogen-bond acceptors (Lipinski definition) is 6. The van der Waals surface area contributed by atoms with Crippen molar-refractivity contribution in [1.29, 1.82) is 0 Å². The summed E-state index contributed by atoms with van der Waals surface area (Å²) in [6.07, 6.45) is 0. The fraction of sp³-hybridized carbons (Fsp3) is 0.0909. The van der Waals surface area contributed by atoms with Gasteiger partial charge in [0.2, 0.25) is 0 Å². The number of anilines is 1. The predicted molar refractivity (Wildman–Crippen MR) is 123 cm³/mol. The van der Waals surface area contributed by atoms with E-state index in [0.29, 0.717) is 17.0 Å². The van der Waals surface area contributed by atoms with E-state index in [9.17, 15) is 18.3 Å². The summed E-state index contributed by atoms with van der Waals surface area (Å²) in [5, 5.41) is 14.3. The molecule has 0 aliphatic heterocycles. The summed E-state index contributed by atoms with van der Waals surface area (Å²) >= 11 is 6.02. The van der Waals surface area contributed by atoms with Crippen LogP contribution < -0.4 is 14.9 Å². The predicted octanol–water partition coefficient (Wildman–Crippen LogP) is 4.01. The van der Waals surface area contributed by atoms with Crippen LogP contribution in [0.1, 0.15) is 22.8 Å². The number of rotatable bonds is 7. The molecule has 0 saturated heterocycles. The Morgan fingerprint density at radius 1 is 1.06 bits per heavy atom. The molecule has 3 aromatic rings. The van der Waals surface area contributed by atoms with Gasteiger partial charge in [0.05, 0.1) is 28.4 Å². The molecule has 0 heterocycles. The van der Waals surface area contributed by atoms with E-state index in [1.807, 2.05) is 0 Å². The molecule has 3 aromatic carbocycles. The van der Waals surface area contributed by atoms with Gasteiger partial charge in [0, 0.05) is 17.2 Å². The van der Waals surface area contributed by atoms with Crippen LogP contribution in [-0.4, -0.2) is 32.3 Å². The third-order valence-corrected chi connectivity index (χ3v) is 6.14. The van der Waals surface area contributed by atoms with Gasteiger partial charge in [-0.25, -0.2) is 13.8 Å². The molecule has 166 valence electrons. The Kier molecular flexibility index (Phi) is 7.01. The first-order chi connectivity index (χ1) is 15.2. The van der Waals surface area contributed by atoms with Gasteiger partial charge < -0.3 is 9.84 Å². The van der Waals surface area contributed by atoms with Gasteiger partial charge in [-0.3, -0.25) is 9.52 Å². The largest absolute Gasteiger partial charge is 0.507 e. The molecule has 0 bridgehead atoms. The number of halogens is 1. The molecule has 0 saturated carbocycles. The number of carbonyl (C=O) groups excluding carboxylic acids is 1. The number of sulfonamides is 1. The van der Waals surface area contributed by atoms with Gasteiger partial charge in [-0.1, -0.05) is 29.8 Å². The Bertz CT molecular complexity index is 1290. The third-order valence-electron chi connectivity index (χ3n) is 4.44. The van der Waals surface area contributed by atoms with Crippen molar-refractivity contribution in [2.75, 3.05) is 11.8 Å². The smallest absolute Gasteiger partial charge is 0.271 e. The molecule has 0 atom stereocenters. The zero-order chi connectivity index (χ0) is 23.3. The fourth-order valence-electron chi connectivity index (χ4n) is 2.76. The van der Waals surface area contributed by atoms with Gasteiger partial charge in [0.1, 0.15) is 11.5 Å². The van der Waals surface area contributed by atoms with Gasteiger partial charge in [-0.05, 0) is 49.4 Å². The monoisotopic (exact) mass is 473 g/mol. The molecule has 10 heteroatoms. The van der Waals surface area contributed by atoms with Gasteiger partial charge in [0.25, 0.3) is 15.9 Å². The number of phenolic OH excluding ortho intramolecular Hbond substituents is 1. The second-order valence-corrected chi connectivity index (χ2v) is 8.72. The maximum atomic E-state index is 12.7. The average molecular weight is 474 g/mol. The molecule has 0 radical (unpaired) electrons. The number of hydrogen-bond donors (Lipinski definition) is 3. The lowest BCUT2D eigenvalue weighted by molar-refractivity contribution is 0.0954. The van der Waals surface area contributed by atoms with Crippen molar-refractivity contribution in [3.05, 3.63) is 82.9 Å². The van der Waals surface area contributed by atoms with E-state index in [2.05, 4.69) is 15.2 Å². The van der Waals surface area contributed by atoms with Crippen molar-refractivity contribution in [2.45, 2.75) is 11.8 Å². The zero-order valence-corrected chi connectivity index (χ0v) is 18.7. The second-order valence-electron chi connectivity index (χ2n) is 6.63. The van der Waals surface area contributed by atoms with E-state index in [-0.39, 0.29) is 26.9 Å². The first kappa shape index (κ1) is 23.1. The van der Waals surface area contributed by atoms with Crippen LogP contribution in [0.4, 0.5) is 5.69 Å². The summed E-state index contributed by atoms with van der Waals surface area (Å²) in [4.78, 5) is 12.4. The van der Waals surface area contributed by atoms with Crippen molar-refractivity contribution >= 4 is 38.9 Å². The van der Waals surface area contributed by atoms with Crippen LogP contribution in [0, 0.1) is 0 Å². The minimum atomic E-state index is -3.97. The van der Waals surface area contributed by atoms with Crippen LogP contribution in [0.2, 0.25) is 5.02 Å². The third kappa shape index (κ3) is 5.37. The van der Waals surface area contributed by atoms with E-state index >= 15 is 0 Å². The molecular weight excluding hydrogens is 454 g/mol. The van der Waals surface area contributed by atoms with E-state index in [1.54, 1.807) is 37.3 Å². The number of methoxy groups -OCH3 is 1. The Morgan fingerprint density at radius 2 is 1.81 bits per heavy atom. The number of phenols is 1. The maximum absolute atomic E-state index is 12.7. The minimum Gasteiger partial charge on any atom is -0.507 e. The molecule has 0 aliphatic carbocycles. The molecule has 0 unspecified atom stereocenters. The molecule has 0 aliphatic rings. The van der Waals surface area contributed by atoms with Gasteiger partial charge in [-0.15, -0.1) is 0 Å². The Labute approximate surface area is 190 Å². The number of hydrazone groups is 1. The van der Waals surface area contributed by atoms with Gasteiger partial charge in [0.15, 0.2) is 0 Å². The highest BCUT2D eigenvalue weighted by Crippen LogP contribution is 2.25. The van der Waals surface area contributed by atoms with Crippen molar-refractivity contribution in [1.82, 2.24) is 5.43 Å². The number of aromatic hydroxyl groups is 1. The van der Waals surface area contributed by atoms with E-state index in [1.165, 1.54) is 43.5 Å². The summed E-state index contributed by atoms with van der Waals surface area (Å²) < 4.78 is 32.8. The molecule has 0 aromatic heterocycles. The lowest BCUT2D eigenvalue weighted by Gasteiger charge is -2.10. The summed E-state index contributed by atoms with van der Waals surface area (Å²) in [5.41, 5.74) is 3.43. The van der Waals surface area contributed by atoms with Gasteiger partial charge in [-0.2, -0.15) is 5.10 Å². The Balaban J connectivity index is 1.78. The number of para-hydroxylation sites is 1. The number of carbonyl (C=O) groups is 1. The highest BCUT2D eigenvalue weighted by atomic mass is 35.5. The van der Waals surface area contributed by atoms with E-state index in [4.69, 9.17) is 16.3 Å². The average Bonchev–Trinajstić information content (AvgIpc) is 2.78. The molecular formula is C22H20ClN3O5S.